The van der Waals surface area contributed by atoms with Gasteiger partial charge in [-0.25, -0.2) is 0 Å². The molecule has 5 nitrogen and oxygen atoms in total. The number of carbonyl (C=O) groups is 1. The maximum absolute atomic E-state index is 12.4. The molecule has 2 rings (SSSR count). The molecule has 0 aromatic carbocycles. The molecule has 0 saturated carbocycles. The molecule has 0 aliphatic carbocycles. The molecule has 1 aliphatic rings. The number of aliphatic hydroxyl groups excluding tert-OH is 1. The van der Waals surface area contributed by atoms with Gasteiger partial charge < -0.3 is 14.6 Å². The van der Waals surface area contributed by atoms with E-state index in [2.05, 4.69) is 4.90 Å². The summed E-state index contributed by atoms with van der Waals surface area (Å²) in [5, 5.41) is 10.1. The van der Waals surface area contributed by atoms with Gasteiger partial charge in [0, 0.05) is 39.8 Å². The molecule has 2 heterocycles. The van der Waals surface area contributed by atoms with Crippen LogP contribution in [0.25, 0.3) is 0 Å². The molecule has 1 atom stereocenters. The number of amides is 1. The summed E-state index contributed by atoms with van der Waals surface area (Å²) in [6, 6.07) is 1.61. The highest BCUT2D eigenvalue weighted by Crippen LogP contribution is 2.26. The van der Waals surface area contributed by atoms with Gasteiger partial charge in [0.2, 0.25) is 0 Å². The van der Waals surface area contributed by atoms with Crippen molar-refractivity contribution in [3.63, 3.8) is 0 Å². The normalized spacial score (nSPS) is 18.4. The quantitative estimate of drug-likeness (QED) is 0.917. The Morgan fingerprint density at radius 2 is 1.95 bits per heavy atom. The van der Waals surface area contributed by atoms with E-state index in [-0.39, 0.29) is 12.0 Å². The Morgan fingerprint density at radius 1 is 1.35 bits per heavy atom. The number of hydrogen-bond acceptors (Lipinski definition) is 3. The highest BCUT2D eigenvalue weighted by molar-refractivity contribution is 6.41. The second-order valence-corrected chi connectivity index (χ2v) is 5.93. The largest absolute Gasteiger partial charge is 0.392 e. The number of nitrogens with zero attached hydrogens (tertiary/aromatic N) is 3. The molecule has 1 N–H and O–H groups in total. The van der Waals surface area contributed by atoms with Crippen LogP contribution >= 0.6 is 23.2 Å². The number of aliphatic hydroxyl groups is 1. The number of halogens is 2. The van der Waals surface area contributed by atoms with Gasteiger partial charge in [-0.3, -0.25) is 9.69 Å². The zero-order chi connectivity index (χ0) is 14.9. The molecule has 1 aromatic rings. The first-order valence-electron chi connectivity index (χ1n) is 6.60. The summed E-state index contributed by atoms with van der Waals surface area (Å²) >= 11 is 11.9. The third-order valence-corrected chi connectivity index (χ3v) is 4.36. The van der Waals surface area contributed by atoms with E-state index < -0.39 is 0 Å². The summed E-state index contributed by atoms with van der Waals surface area (Å²) < 4.78 is 1.61. The monoisotopic (exact) mass is 319 g/mol. The van der Waals surface area contributed by atoms with Crippen molar-refractivity contribution in [1.29, 1.82) is 0 Å². The van der Waals surface area contributed by atoms with E-state index in [1.807, 2.05) is 0 Å². The zero-order valence-corrected chi connectivity index (χ0v) is 13.2. The number of rotatable bonds is 3. The third-order valence-electron chi connectivity index (χ3n) is 3.52. The Kier molecular flexibility index (Phi) is 4.96. The van der Waals surface area contributed by atoms with E-state index in [0.29, 0.717) is 35.5 Å². The Hall–Kier alpha value is -0.750. The number of aromatic nitrogens is 1. The topological polar surface area (TPSA) is 48.7 Å². The van der Waals surface area contributed by atoms with E-state index in [9.17, 15) is 9.90 Å². The van der Waals surface area contributed by atoms with E-state index in [1.165, 1.54) is 0 Å². The van der Waals surface area contributed by atoms with Crippen molar-refractivity contribution in [1.82, 2.24) is 14.4 Å². The predicted octanol–water partition coefficient (Wildman–Crippen LogP) is 1.47. The van der Waals surface area contributed by atoms with E-state index >= 15 is 0 Å². The van der Waals surface area contributed by atoms with Crippen LogP contribution in [0.2, 0.25) is 10.2 Å². The standard InChI is InChI=1S/C13H19Cl2N3O2/c1-9(19)8-17-3-5-18(6-4-17)13(20)11-7-10(14)12(15)16(11)2/h7,9,19H,3-6,8H2,1-2H3/t9-/m0/s1. The lowest BCUT2D eigenvalue weighted by Gasteiger charge is -2.35. The molecule has 1 aromatic heterocycles. The smallest absolute Gasteiger partial charge is 0.270 e. The minimum atomic E-state index is -0.345. The predicted molar refractivity (Wildman–Crippen MR) is 79.5 cm³/mol. The van der Waals surface area contributed by atoms with Gasteiger partial charge >= 0.3 is 0 Å². The van der Waals surface area contributed by atoms with Crippen LogP contribution in [0.5, 0.6) is 0 Å². The van der Waals surface area contributed by atoms with Gasteiger partial charge in [0.15, 0.2) is 0 Å². The fourth-order valence-corrected chi connectivity index (χ4v) is 2.79. The molecule has 1 amide bonds. The molecule has 20 heavy (non-hydrogen) atoms. The molecule has 1 saturated heterocycles. The van der Waals surface area contributed by atoms with Gasteiger partial charge in [-0.15, -0.1) is 0 Å². The molecule has 1 fully saturated rings. The van der Waals surface area contributed by atoms with E-state index in [1.54, 1.807) is 29.5 Å². The first-order valence-corrected chi connectivity index (χ1v) is 7.36. The summed E-state index contributed by atoms with van der Waals surface area (Å²) in [5.74, 6) is -0.0574. The lowest BCUT2D eigenvalue weighted by Crippen LogP contribution is -2.50. The maximum Gasteiger partial charge on any atom is 0.270 e. The number of hydrogen-bond donors (Lipinski definition) is 1. The average Bonchev–Trinajstić information content (AvgIpc) is 2.66. The second-order valence-electron chi connectivity index (χ2n) is 5.17. The SMILES string of the molecule is C[C@H](O)CN1CCN(C(=O)c2cc(Cl)c(Cl)n2C)CC1. The molecule has 0 unspecified atom stereocenters. The van der Waals surface area contributed by atoms with Gasteiger partial charge in [0.1, 0.15) is 10.8 Å². The summed E-state index contributed by atoms with van der Waals surface area (Å²) in [6.45, 7) is 5.23. The van der Waals surface area contributed by atoms with Crippen molar-refractivity contribution in [2.45, 2.75) is 13.0 Å². The lowest BCUT2D eigenvalue weighted by molar-refractivity contribution is 0.0546. The van der Waals surface area contributed by atoms with Crippen LogP contribution in [-0.4, -0.2) is 64.2 Å². The Balaban J connectivity index is 2.00. The van der Waals surface area contributed by atoms with Gasteiger partial charge in [-0.05, 0) is 13.0 Å². The number of β-amino-alcohol motifs (C(OH)–C–C–N with tert-alkyl or cyclic N) is 1. The van der Waals surface area contributed by atoms with Gasteiger partial charge in [0.05, 0.1) is 11.1 Å². The van der Waals surface area contributed by atoms with Crippen LogP contribution < -0.4 is 0 Å². The molecular formula is C13H19Cl2N3O2. The van der Waals surface area contributed by atoms with Crippen LogP contribution in [0.3, 0.4) is 0 Å². The summed E-state index contributed by atoms with van der Waals surface area (Å²) in [6.07, 6.45) is -0.345. The lowest BCUT2D eigenvalue weighted by atomic mass is 10.2. The number of piperazine rings is 1. The first-order chi connectivity index (χ1) is 9.40. The van der Waals surface area contributed by atoms with Crippen molar-refractivity contribution < 1.29 is 9.90 Å². The van der Waals surface area contributed by atoms with E-state index in [4.69, 9.17) is 23.2 Å². The summed E-state index contributed by atoms with van der Waals surface area (Å²) in [4.78, 5) is 16.4. The zero-order valence-electron chi connectivity index (χ0n) is 11.6. The van der Waals surface area contributed by atoms with Crippen molar-refractivity contribution in [3.05, 3.63) is 21.9 Å². The maximum atomic E-state index is 12.4. The minimum Gasteiger partial charge on any atom is -0.392 e. The van der Waals surface area contributed by atoms with Gasteiger partial charge in [-0.2, -0.15) is 0 Å². The Morgan fingerprint density at radius 3 is 2.40 bits per heavy atom. The Labute approximate surface area is 128 Å². The Bertz CT molecular complexity index is 494. The molecule has 1 aliphatic heterocycles. The third kappa shape index (κ3) is 3.28. The van der Waals surface area contributed by atoms with Crippen molar-refractivity contribution in [2.24, 2.45) is 7.05 Å². The van der Waals surface area contributed by atoms with Crippen molar-refractivity contribution in [3.8, 4) is 0 Å². The average molecular weight is 320 g/mol. The molecule has 0 spiro atoms. The van der Waals surface area contributed by atoms with Gasteiger partial charge in [-0.1, -0.05) is 23.2 Å². The highest BCUT2D eigenvalue weighted by atomic mass is 35.5. The van der Waals surface area contributed by atoms with E-state index in [0.717, 1.165) is 13.1 Å². The van der Waals surface area contributed by atoms with Crippen LogP contribution in [0.4, 0.5) is 0 Å². The molecular weight excluding hydrogens is 301 g/mol. The molecule has 0 radical (unpaired) electrons. The van der Waals surface area contributed by atoms with Crippen molar-refractivity contribution in [2.75, 3.05) is 32.7 Å². The number of carbonyl (C=O) groups excluding carboxylic acids is 1. The minimum absolute atomic E-state index is 0.0574. The van der Waals surface area contributed by atoms with Gasteiger partial charge in [0.25, 0.3) is 5.91 Å². The first kappa shape index (κ1) is 15.6. The van der Waals surface area contributed by atoms with Crippen LogP contribution in [-0.2, 0) is 7.05 Å². The molecule has 112 valence electrons. The van der Waals surface area contributed by atoms with Crippen LogP contribution in [0.1, 0.15) is 17.4 Å². The fourth-order valence-electron chi connectivity index (χ4n) is 2.42. The van der Waals surface area contributed by atoms with Crippen molar-refractivity contribution >= 4 is 29.1 Å². The van der Waals surface area contributed by atoms with Crippen LogP contribution in [0, 0.1) is 0 Å². The highest BCUT2D eigenvalue weighted by Gasteiger charge is 2.25. The second kappa shape index (κ2) is 6.35. The molecule has 0 bridgehead atoms. The summed E-state index contributed by atoms with van der Waals surface area (Å²) in [5.41, 5.74) is 0.504. The van der Waals surface area contributed by atoms with Crippen LogP contribution in [0.15, 0.2) is 6.07 Å². The molecule has 7 heteroatoms. The summed E-state index contributed by atoms with van der Waals surface area (Å²) in [7, 11) is 1.73. The fraction of sp³-hybridized carbons (Fsp3) is 0.615.